The summed E-state index contributed by atoms with van der Waals surface area (Å²) in [6.07, 6.45) is 1.13. The Morgan fingerprint density at radius 3 is 2.16 bits per heavy atom. The normalized spacial score (nSPS) is 14.3. The fourth-order valence-electron chi connectivity index (χ4n) is 5.47. The third-order valence-corrected chi connectivity index (χ3v) is 7.79. The highest BCUT2D eigenvalue weighted by atomic mass is 16.5. The minimum Gasteiger partial charge on any atom is -0.493 e. The summed E-state index contributed by atoms with van der Waals surface area (Å²) in [6, 6.07) is 32.3. The van der Waals surface area contributed by atoms with Crippen molar-refractivity contribution in [2.24, 2.45) is 0 Å². The van der Waals surface area contributed by atoms with Crippen LogP contribution in [0.5, 0.6) is 11.5 Å². The molecule has 0 aromatic heterocycles. The van der Waals surface area contributed by atoms with Gasteiger partial charge in [-0.1, -0.05) is 94.4 Å². The van der Waals surface area contributed by atoms with Crippen molar-refractivity contribution in [3.8, 4) is 22.6 Å². The van der Waals surface area contributed by atoms with Gasteiger partial charge in [0.25, 0.3) is 0 Å². The number of rotatable bonds is 8. The molecule has 0 radical (unpaired) electrons. The van der Waals surface area contributed by atoms with Gasteiger partial charge in [-0.25, -0.2) is 0 Å². The predicted octanol–water partition coefficient (Wildman–Crippen LogP) is 8.75. The number of methoxy groups -OCH3 is 1. The fourth-order valence-corrected chi connectivity index (χ4v) is 5.47. The van der Waals surface area contributed by atoms with Crippen LogP contribution in [0, 0.1) is 0 Å². The van der Waals surface area contributed by atoms with Crippen molar-refractivity contribution in [1.82, 2.24) is 0 Å². The van der Waals surface area contributed by atoms with E-state index in [0.29, 0.717) is 12.5 Å². The number of hydrogen-bond acceptors (Lipinski definition) is 3. The highest BCUT2D eigenvalue weighted by Crippen LogP contribution is 2.46. The van der Waals surface area contributed by atoms with Gasteiger partial charge in [-0.05, 0) is 75.4 Å². The smallest absolute Gasteiger partial charge is 0.162 e. The first kappa shape index (κ1) is 25.9. The van der Waals surface area contributed by atoms with Crippen molar-refractivity contribution >= 4 is 5.69 Å². The molecule has 5 rings (SSSR count). The Bertz CT molecular complexity index is 1380. The molecule has 1 aliphatic heterocycles. The Hall–Kier alpha value is -3.72. The van der Waals surface area contributed by atoms with Gasteiger partial charge in [-0.2, -0.15) is 0 Å². The van der Waals surface area contributed by atoms with Crippen LogP contribution in [0.4, 0.5) is 5.69 Å². The van der Waals surface area contributed by atoms with E-state index in [2.05, 4.69) is 99.3 Å². The zero-order valence-electron chi connectivity index (χ0n) is 23.3. The standard InChI is InChI=1S/C35H39NO2/c1-25(2)29-22-32-31(35(3,4)18-19-36(32)23-26-12-8-6-9-13-26)21-30(29)28-16-17-33(37-5)34(20-28)38-24-27-14-10-7-11-15-27/h6-17,20-22,25H,18-19,23-24H2,1-5H3. The first-order valence-corrected chi connectivity index (χ1v) is 13.7. The van der Waals surface area contributed by atoms with E-state index in [-0.39, 0.29) is 5.41 Å². The quantitative estimate of drug-likeness (QED) is 0.239. The largest absolute Gasteiger partial charge is 0.493 e. The number of ether oxygens (including phenoxy) is 2. The maximum absolute atomic E-state index is 6.28. The zero-order valence-corrected chi connectivity index (χ0v) is 23.3. The van der Waals surface area contributed by atoms with Crippen LogP contribution >= 0.6 is 0 Å². The highest BCUT2D eigenvalue weighted by Gasteiger charge is 2.33. The summed E-state index contributed by atoms with van der Waals surface area (Å²) in [6.45, 7) is 11.8. The Kier molecular flexibility index (Phi) is 7.46. The summed E-state index contributed by atoms with van der Waals surface area (Å²) in [7, 11) is 1.70. The van der Waals surface area contributed by atoms with Gasteiger partial charge in [-0.15, -0.1) is 0 Å². The molecule has 3 nitrogen and oxygen atoms in total. The van der Waals surface area contributed by atoms with Crippen molar-refractivity contribution < 1.29 is 9.47 Å². The summed E-state index contributed by atoms with van der Waals surface area (Å²) < 4.78 is 11.9. The van der Waals surface area contributed by atoms with Crippen LogP contribution in [0.25, 0.3) is 11.1 Å². The molecule has 3 heteroatoms. The van der Waals surface area contributed by atoms with Crippen molar-refractivity contribution in [2.75, 3.05) is 18.6 Å². The van der Waals surface area contributed by atoms with Crippen molar-refractivity contribution in [2.45, 2.75) is 58.6 Å². The predicted molar refractivity (Wildman–Crippen MR) is 158 cm³/mol. The van der Waals surface area contributed by atoms with Gasteiger partial charge in [-0.3, -0.25) is 0 Å². The topological polar surface area (TPSA) is 21.7 Å². The van der Waals surface area contributed by atoms with Gasteiger partial charge in [0.2, 0.25) is 0 Å². The molecule has 0 N–H and O–H groups in total. The Labute approximate surface area is 228 Å². The van der Waals surface area contributed by atoms with E-state index in [9.17, 15) is 0 Å². The second-order valence-corrected chi connectivity index (χ2v) is 11.3. The lowest BCUT2D eigenvalue weighted by Gasteiger charge is -2.41. The summed E-state index contributed by atoms with van der Waals surface area (Å²) in [5, 5.41) is 0. The molecule has 1 heterocycles. The molecule has 196 valence electrons. The minimum atomic E-state index is 0.103. The van der Waals surface area contributed by atoms with E-state index in [4.69, 9.17) is 9.47 Å². The highest BCUT2D eigenvalue weighted by molar-refractivity contribution is 5.77. The van der Waals surface area contributed by atoms with Crippen molar-refractivity contribution in [1.29, 1.82) is 0 Å². The molecule has 0 saturated heterocycles. The van der Waals surface area contributed by atoms with E-state index in [1.165, 1.54) is 27.9 Å². The van der Waals surface area contributed by atoms with E-state index >= 15 is 0 Å². The molecule has 0 spiro atoms. The summed E-state index contributed by atoms with van der Waals surface area (Å²) in [5.41, 5.74) is 9.18. The number of hydrogen-bond donors (Lipinski definition) is 0. The van der Waals surface area contributed by atoms with Crippen LogP contribution < -0.4 is 14.4 Å². The van der Waals surface area contributed by atoms with Crippen LogP contribution in [0.15, 0.2) is 91.0 Å². The van der Waals surface area contributed by atoms with Crippen molar-refractivity contribution in [3.05, 3.63) is 113 Å². The van der Waals surface area contributed by atoms with E-state index in [1.807, 2.05) is 24.3 Å². The molecule has 4 aromatic carbocycles. The van der Waals surface area contributed by atoms with E-state index in [0.717, 1.165) is 42.1 Å². The summed E-state index contributed by atoms with van der Waals surface area (Å²) >= 11 is 0. The number of anilines is 1. The Balaban J connectivity index is 1.56. The first-order valence-electron chi connectivity index (χ1n) is 13.7. The molecule has 38 heavy (non-hydrogen) atoms. The van der Waals surface area contributed by atoms with E-state index < -0.39 is 0 Å². The maximum Gasteiger partial charge on any atom is 0.162 e. The monoisotopic (exact) mass is 505 g/mol. The summed E-state index contributed by atoms with van der Waals surface area (Å²) in [5.74, 6) is 1.91. The second kappa shape index (κ2) is 10.9. The average Bonchev–Trinajstić information content (AvgIpc) is 2.94. The van der Waals surface area contributed by atoms with Gasteiger partial charge in [0.05, 0.1) is 7.11 Å². The van der Waals surface area contributed by atoms with Gasteiger partial charge in [0, 0.05) is 18.8 Å². The molecule has 1 aliphatic rings. The van der Waals surface area contributed by atoms with Crippen LogP contribution in [0.2, 0.25) is 0 Å². The molecular weight excluding hydrogens is 466 g/mol. The fraction of sp³-hybridized carbons (Fsp3) is 0.314. The number of nitrogens with zero attached hydrogens (tertiary/aromatic N) is 1. The third kappa shape index (κ3) is 5.43. The maximum atomic E-state index is 6.28. The molecular formula is C35H39NO2. The van der Waals surface area contributed by atoms with Crippen LogP contribution in [0.1, 0.15) is 62.3 Å². The summed E-state index contributed by atoms with van der Waals surface area (Å²) in [4.78, 5) is 2.56. The Morgan fingerprint density at radius 1 is 0.816 bits per heavy atom. The molecule has 0 aliphatic carbocycles. The van der Waals surface area contributed by atoms with Gasteiger partial charge in [0.1, 0.15) is 6.61 Å². The second-order valence-electron chi connectivity index (χ2n) is 11.3. The Morgan fingerprint density at radius 2 is 1.50 bits per heavy atom. The lowest BCUT2D eigenvalue weighted by atomic mass is 9.75. The molecule has 0 saturated carbocycles. The van der Waals surface area contributed by atoms with Crippen LogP contribution in [-0.2, 0) is 18.6 Å². The van der Waals surface area contributed by atoms with E-state index in [1.54, 1.807) is 7.11 Å². The van der Waals surface area contributed by atoms with Gasteiger partial charge >= 0.3 is 0 Å². The number of benzene rings is 4. The molecule has 0 unspecified atom stereocenters. The molecule has 0 atom stereocenters. The van der Waals surface area contributed by atoms with Crippen LogP contribution in [-0.4, -0.2) is 13.7 Å². The van der Waals surface area contributed by atoms with Gasteiger partial charge in [0.15, 0.2) is 11.5 Å². The molecule has 0 amide bonds. The number of fused-ring (bicyclic) bond motifs is 1. The van der Waals surface area contributed by atoms with Crippen LogP contribution in [0.3, 0.4) is 0 Å². The molecule has 0 fully saturated rings. The third-order valence-electron chi connectivity index (χ3n) is 7.79. The zero-order chi connectivity index (χ0) is 26.7. The molecule has 0 bridgehead atoms. The SMILES string of the molecule is COc1ccc(-c2cc3c(cc2C(C)C)N(Cc2ccccc2)CCC3(C)C)cc1OCc1ccccc1. The molecule has 4 aromatic rings. The lowest BCUT2D eigenvalue weighted by molar-refractivity contribution is 0.284. The van der Waals surface area contributed by atoms with Gasteiger partial charge < -0.3 is 14.4 Å². The average molecular weight is 506 g/mol. The van der Waals surface area contributed by atoms with Crippen molar-refractivity contribution in [3.63, 3.8) is 0 Å². The minimum absolute atomic E-state index is 0.103. The lowest BCUT2D eigenvalue weighted by Crippen LogP contribution is -2.37. The first-order chi connectivity index (χ1) is 18.4.